The first-order chi connectivity index (χ1) is 8.93. The number of carbonyl (C=O) groups is 2. The predicted molar refractivity (Wildman–Crippen MR) is 71.1 cm³/mol. The highest BCUT2D eigenvalue weighted by atomic mass is 16.5. The molecule has 1 aromatic carbocycles. The van der Waals surface area contributed by atoms with E-state index in [1.165, 1.54) is 6.92 Å². The Balaban J connectivity index is 2.55. The molecule has 2 N–H and O–H groups in total. The number of amides is 1. The number of hydrogen-bond acceptors (Lipinski definition) is 3. The van der Waals surface area contributed by atoms with Crippen LogP contribution in [0.3, 0.4) is 0 Å². The second kappa shape index (κ2) is 6.78. The Morgan fingerprint density at radius 3 is 2.32 bits per heavy atom. The van der Waals surface area contributed by atoms with Crippen LogP contribution in [0.1, 0.15) is 19.4 Å². The van der Waals surface area contributed by atoms with Crippen LogP contribution in [-0.4, -0.2) is 30.1 Å². The van der Waals surface area contributed by atoms with Gasteiger partial charge in [0.05, 0.1) is 7.11 Å². The van der Waals surface area contributed by atoms with Crippen LogP contribution >= 0.6 is 0 Å². The zero-order valence-corrected chi connectivity index (χ0v) is 11.3. The SMILES string of the molecule is COc1ccc(CC(C)C(=O)NC(C)C(=O)O)cc1. The van der Waals surface area contributed by atoms with Gasteiger partial charge in [-0.2, -0.15) is 0 Å². The Labute approximate surface area is 112 Å². The maximum absolute atomic E-state index is 11.8. The smallest absolute Gasteiger partial charge is 0.325 e. The van der Waals surface area contributed by atoms with Crippen molar-refractivity contribution in [1.29, 1.82) is 0 Å². The topological polar surface area (TPSA) is 75.6 Å². The van der Waals surface area contributed by atoms with Crippen LogP contribution < -0.4 is 10.1 Å². The molecule has 0 aliphatic carbocycles. The van der Waals surface area contributed by atoms with Gasteiger partial charge < -0.3 is 15.2 Å². The van der Waals surface area contributed by atoms with Crippen molar-refractivity contribution in [3.8, 4) is 5.75 Å². The van der Waals surface area contributed by atoms with E-state index in [1.807, 2.05) is 24.3 Å². The largest absolute Gasteiger partial charge is 0.497 e. The minimum absolute atomic E-state index is 0.259. The summed E-state index contributed by atoms with van der Waals surface area (Å²) in [6.45, 7) is 3.22. The molecule has 0 fully saturated rings. The minimum atomic E-state index is -1.04. The molecular weight excluding hydrogens is 246 g/mol. The molecule has 0 bridgehead atoms. The Hall–Kier alpha value is -2.04. The zero-order chi connectivity index (χ0) is 14.4. The second-order valence-electron chi connectivity index (χ2n) is 4.52. The summed E-state index contributed by atoms with van der Waals surface area (Å²) in [6, 6.07) is 6.58. The average Bonchev–Trinajstić information content (AvgIpc) is 2.39. The standard InChI is InChI=1S/C14H19NO4/c1-9(13(16)15-10(2)14(17)18)8-11-4-6-12(19-3)7-5-11/h4-7,9-10H,8H2,1-3H3,(H,15,16)(H,17,18). The monoisotopic (exact) mass is 265 g/mol. The fourth-order valence-electron chi connectivity index (χ4n) is 1.63. The molecule has 1 aromatic rings. The summed E-state index contributed by atoms with van der Waals surface area (Å²) in [5.41, 5.74) is 1.01. The van der Waals surface area contributed by atoms with Crippen molar-refractivity contribution in [3.63, 3.8) is 0 Å². The molecule has 0 saturated carbocycles. The summed E-state index contributed by atoms with van der Waals surface area (Å²) in [5.74, 6) is -0.814. The summed E-state index contributed by atoms with van der Waals surface area (Å²) in [7, 11) is 1.60. The van der Waals surface area contributed by atoms with E-state index < -0.39 is 12.0 Å². The Morgan fingerprint density at radius 1 is 1.26 bits per heavy atom. The molecule has 0 radical (unpaired) electrons. The van der Waals surface area contributed by atoms with Gasteiger partial charge >= 0.3 is 5.97 Å². The number of rotatable bonds is 6. The number of methoxy groups -OCH3 is 1. The molecule has 5 nitrogen and oxygen atoms in total. The Morgan fingerprint density at radius 2 is 1.84 bits per heavy atom. The van der Waals surface area contributed by atoms with E-state index in [9.17, 15) is 9.59 Å². The minimum Gasteiger partial charge on any atom is -0.497 e. The summed E-state index contributed by atoms with van der Waals surface area (Å²) in [6.07, 6.45) is 0.558. The average molecular weight is 265 g/mol. The molecule has 0 aromatic heterocycles. The molecular formula is C14H19NO4. The lowest BCUT2D eigenvalue weighted by molar-refractivity contribution is -0.141. The lowest BCUT2D eigenvalue weighted by atomic mass is 10.00. The van der Waals surface area contributed by atoms with E-state index in [0.29, 0.717) is 6.42 Å². The van der Waals surface area contributed by atoms with Gasteiger partial charge in [-0.3, -0.25) is 9.59 Å². The molecule has 19 heavy (non-hydrogen) atoms. The second-order valence-corrected chi connectivity index (χ2v) is 4.52. The van der Waals surface area contributed by atoms with Gasteiger partial charge in [-0.1, -0.05) is 19.1 Å². The van der Waals surface area contributed by atoms with Crippen LogP contribution in [0.25, 0.3) is 0 Å². The summed E-state index contributed by atoms with van der Waals surface area (Å²) in [4.78, 5) is 22.4. The molecule has 0 aliphatic rings. The quantitative estimate of drug-likeness (QED) is 0.816. The van der Waals surface area contributed by atoms with Crippen molar-refractivity contribution in [2.24, 2.45) is 5.92 Å². The fourth-order valence-corrected chi connectivity index (χ4v) is 1.63. The maximum atomic E-state index is 11.8. The Bertz CT molecular complexity index is 441. The third kappa shape index (κ3) is 4.62. The number of hydrogen-bond donors (Lipinski definition) is 2. The first kappa shape index (κ1) is 15.0. The van der Waals surface area contributed by atoms with Gasteiger partial charge in [0.1, 0.15) is 11.8 Å². The number of nitrogens with one attached hydrogen (secondary N) is 1. The fraction of sp³-hybridized carbons (Fsp3) is 0.429. The molecule has 0 saturated heterocycles. The van der Waals surface area contributed by atoms with E-state index in [2.05, 4.69) is 5.32 Å². The van der Waals surface area contributed by atoms with E-state index in [4.69, 9.17) is 9.84 Å². The zero-order valence-electron chi connectivity index (χ0n) is 11.3. The van der Waals surface area contributed by atoms with Gasteiger partial charge in [-0.25, -0.2) is 0 Å². The van der Waals surface area contributed by atoms with Gasteiger partial charge in [0, 0.05) is 5.92 Å². The molecule has 1 rings (SSSR count). The van der Waals surface area contributed by atoms with Crippen molar-refractivity contribution in [2.45, 2.75) is 26.3 Å². The van der Waals surface area contributed by atoms with Gasteiger partial charge in [0.2, 0.25) is 5.91 Å². The highest BCUT2D eigenvalue weighted by Gasteiger charge is 2.19. The molecule has 2 unspecified atom stereocenters. The van der Waals surface area contributed by atoms with E-state index in [-0.39, 0.29) is 11.8 Å². The van der Waals surface area contributed by atoms with Crippen molar-refractivity contribution in [1.82, 2.24) is 5.32 Å². The molecule has 5 heteroatoms. The first-order valence-electron chi connectivity index (χ1n) is 6.10. The highest BCUT2D eigenvalue weighted by Crippen LogP contribution is 2.14. The van der Waals surface area contributed by atoms with Crippen LogP contribution in [0, 0.1) is 5.92 Å². The summed E-state index contributed by atoms with van der Waals surface area (Å²) >= 11 is 0. The summed E-state index contributed by atoms with van der Waals surface area (Å²) < 4.78 is 5.06. The molecule has 0 heterocycles. The van der Waals surface area contributed by atoms with Gasteiger partial charge in [-0.15, -0.1) is 0 Å². The molecule has 0 spiro atoms. The normalized spacial score (nSPS) is 13.4. The van der Waals surface area contributed by atoms with Crippen LogP contribution in [0.5, 0.6) is 5.75 Å². The lowest BCUT2D eigenvalue weighted by Crippen LogP contribution is -2.41. The summed E-state index contributed by atoms with van der Waals surface area (Å²) in [5, 5.41) is 11.2. The number of carbonyl (C=O) groups excluding carboxylic acids is 1. The third-order valence-electron chi connectivity index (χ3n) is 2.88. The van der Waals surface area contributed by atoms with Crippen LogP contribution in [-0.2, 0) is 16.0 Å². The number of benzene rings is 1. The van der Waals surface area contributed by atoms with Crippen molar-refractivity contribution in [2.75, 3.05) is 7.11 Å². The molecule has 1 amide bonds. The van der Waals surface area contributed by atoms with Crippen LogP contribution in [0.2, 0.25) is 0 Å². The molecule has 0 aliphatic heterocycles. The highest BCUT2D eigenvalue weighted by molar-refractivity contribution is 5.84. The third-order valence-corrected chi connectivity index (χ3v) is 2.88. The number of carboxylic acid groups (broad SMARTS) is 1. The first-order valence-corrected chi connectivity index (χ1v) is 6.10. The van der Waals surface area contributed by atoms with Gasteiger partial charge in [0.25, 0.3) is 0 Å². The van der Waals surface area contributed by atoms with Crippen molar-refractivity contribution in [3.05, 3.63) is 29.8 Å². The lowest BCUT2D eigenvalue weighted by Gasteiger charge is -2.15. The Kier molecular flexibility index (Phi) is 5.36. The van der Waals surface area contributed by atoms with Crippen molar-refractivity contribution < 1.29 is 19.4 Å². The van der Waals surface area contributed by atoms with Crippen LogP contribution in [0.15, 0.2) is 24.3 Å². The van der Waals surface area contributed by atoms with E-state index in [1.54, 1.807) is 14.0 Å². The number of carboxylic acids is 1. The van der Waals surface area contributed by atoms with Crippen molar-refractivity contribution >= 4 is 11.9 Å². The van der Waals surface area contributed by atoms with Gasteiger partial charge in [-0.05, 0) is 31.0 Å². The van der Waals surface area contributed by atoms with E-state index >= 15 is 0 Å². The van der Waals surface area contributed by atoms with E-state index in [0.717, 1.165) is 11.3 Å². The molecule has 104 valence electrons. The predicted octanol–water partition coefficient (Wildman–Crippen LogP) is 1.46. The number of aliphatic carboxylic acids is 1. The van der Waals surface area contributed by atoms with Gasteiger partial charge in [0.15, 0.2) is 0 Å². The number of ether oxygens (including phenoxy) is 1. The molecule has 2 atom stereocenters. The maximum Gasteiger partial charge on any atom is 0.325 e. The van der Waals surface area contributed by atoms with Crippen LogP contribution in [0.4, 0.5) is 0 Å².